The summed E-state index contributed by atoms with van der Waals surface area (Å²) in [6.45, 7) is 5.77. The van der Waals surface area contributed by atoms with Gasteiger partial charge in [-0.15, -0.1) is 0 Å². The van der Waals surface area contributed by atoms with Gasteiger partial charge < -0.3 is 48.8 Å². The molecule has 6 rings (SSSR count). The van der Waals surface area contributed by atoms with Crippen molar-refractivity contribution in [2.75, 3.05) is 72.6 Å². The summed E-state index contributed by atoms with van der Waals surface area (Å²) in [7, 11) is 0. The number of hydrogen-bond donors (Lipinski definition) is 3. The molecule has 14 heteroatoms. The summed E-state index contributed by atoms with van der Waals surface area (Å²) in [4.78, 5) is 52.4. The molecule has 58 heavy (non-hydrogen) atoms. The van der Waals surface area contributed by atoms with Gasteiger partial charge in [-0.25, -0.2) is 0 Å². The summed E-state index contributed by atoms with van der Waals surface area (Å²) in [5.41, 5.74) is 3.10. The van der Waals surface area contributed by atoms with Gasteiger partial charge in [0, 0.05) is 37.4 Å². The van der Waals surface area contributed by atoms with E-state index in [0.29, 0.717) is 89.3 Å². The zero-order valence-corrected chi connectivity index (χ0v) is 32.5. The molecular formula is C44H50N2O12. The first kappa shape index (κ1) is 43.3. The van der Waals surface area contributed by atoms with Crippen molar-refractivity contribution < 1.29 is 58.2 Å². The summed E-state index contributed by atoms with van der Waals surface area (Å²) in [6.07, 6.45) is 2.16. The number of phenols is 2. The molecule has 308 valence electrons. The Kier molecular flexibility index (Phi) is 16.6. The second kappa shape index (κ2) is 22.2. The van der Waals surface area contributed by atoms with Crippen LogP contribution in [0.2, 0.25) is 0 Å². The van der Waals surface area contributed by atoms with Gasteiger partial charge in [-0.3, -0.25) is 19.2 Å². The zero-order chi connectivity index (χ0) is 41.3. The van der Waals surface area contributed by atoms with Gasteiger partial charge in [-0.1, -0.05) is 48.5 Å². The fourth-order valence-corrected chi connectivity index (χ4v) is 6.70. The summed E-state index contributed by atoms with van der Waals surface area (Å²) in [6, 6.07) is 23.3. The Morgan fingerprint density at radius 2 is 1.16 bits per heavy atom. The highest BCUT2D eigenvalue weighted by Gasteiger charge is 2.31. The van der Waals surface area contributed by atoms with Crippen molar-refractivity contribution in [3.63, 3.8) is 0 Å². The van der Waals surface area contributed by atoms with Crippen LogP contribution in [0.1, 0.15) is 59.5 Å². The fraction of sp³-hybridized carbons (Fsp3) is 0.364. The maximum Gasteiger partial charge on any atom is 0.254 e. The lowest BCUT2D eigenvalue weighted by molar-refractivity contribution is -0.0152. The van der Waals surface area contributed by atoms with Crippen LogP contribution < -0.4 is 9.47 Å². The lowest BCUT2D eigenvalue weighted by atomic mass is 10.0. The molecule has 0 unspecified atom stereocenters. The third-order valence-corrected chi connectivity index (χ3v) is 9.76. The summed E-state index contributed by atoms with van der Waals surface area (Å²) in [5, 5.41) is 28.9. The molecule has 2 fully saturated rings. The first-order chi connectivity index (χ1) is 28.3. The average molecular weight is 799 g/mol. The maximum absolute atomic E-state index is 13.3. The number of aliphatic hydroxyl groups is 1. The third kappa shape index (κ3) is 11.2. The van der Waals surface area contributed by atoms with E-state index in [9.17, 15) is 34.5 Å². The molecule has 0 bridgehead atoms. The van der Waals surface area contributed by atoms with Gasteiger partial charge in [0.2, 0.25) is 0 Å². The first-order valence-corrected chi connectivity index (χ1v) is 19.2. The normalized spacial score (nSPS) is 16.4. The van der Waals surface area contributed by atoms with Crippen LogP contribution in [0.25, 0.3) is 0 Å². The molecule has 14 nitrogen and oxygen atoms in total. The number of carbonyl (C=O) groups excluding carboxylic acids is 4. The van der Waals surface area contributed by atoms with E-state index in [4.69, 9.17) is 23.7 Å². The van der Waals surface area contributed by atoms with E-state index in [1.54, 1.807) is 46.2 Å². The van der Waals surface area contributed by atoms with Crippen molar-refractivity contribution in [1.29, 1.82) is 0 Å². The molecule has 0 aliphatic carbocycles. The van der Waals surface area contributed by atoms with Crippen LogP contribution >= 0.6 is 0 Å². The van der Waals surface area contributed by atoms with Gasteiger partial charge >= 0.3 is 0 Å². The highest BCUT2D eigenvalue weighted by atomic mass is 16.5. The average Bonchev–Trinajstić information content (AvgIpc) is 3.25. The second-order valence-corrected chi connectivity index (χ2v) is 13.4. The lowest BCUT2D eigenvalue weighted by Gasteiger charge is -2.36. The van der Waals surface area contributed by atoms with Gasteiger partial charge in [0.1, 0.15) is 36.2 Å². The Morgan fingerprint density at radius 1 is 0.690 bits per heavy atom. The minimum atomic E-state index is -0.342. The molecule has 2 saturated heterocycles. The minimum absolute atomic E-state index is 0.0358. The molecular weight excluding hydrogens is 748 g/mol. The molecule has 0 aromatic heterocycles. The number of rotatable bonds is 16. The number of morpholine rings is 2. The van der Waals surface area contributed by atoms with Crippen LogP contribution in [0.4, 0.5) is 0 Å². The van der Waals surface area contributed by atoms with Crippen LogP contribution in [0, 0.1) is 0 Å². The molecule has 2 heterocycles. The largest absolute Gasteiger partial charge is 0.507 e. The van der Waals surface area contributed by atoms with Gasteiger partial charge in [-0.2, -0.15) is 0 Å². The van der Waals surface area contributed by atoms with Gasteiger partial charge in [0.25, 0.3) is 11.8 Å². The Labute approximate surface area is 337 Å². The topological polar surface area (TPSA) is 182 Å². The number of benzene rings is 4. The summed E-state index contributed by atoms with van der Waals surface area (Å²) in [5.74, 6) is 0.0172. The third-order valence-electron chi connectivity index (χ3n) is 9.76. The van der Waals surface area contributed by atoms with Crippen molar-refractivity contribution in [3.8, 4) is 23.0 Å². The molecule has 2 aliphatic heterocycles. The maximum atomic E-state index is 13.3. The Hall–Kier alpha value is -5.80. The van der Waals surface area contributed by atoms with Crippen molar-refractivity contribution in [2.45, 2.75) is 31.8 Å². The van der Waals surface area contributed by atoms with Crippen LogP contribution in [0.5, 0.6) is 23.0 Å². The van der Waals surface area contributed by atoms with E-state index < -0.39 is 0 Å². The predicted molar refractivity (Wildman–Crippen MR) is 213 cm³/mol. The smallest absolute Gasteiger partial charge is 0.254 e. The fourth-order valence-electron chi connectivity index (χ4n) is 6.70. The van der Waals surface area contributed by atoms with Crippen LogP contribution in [-0.2, 0) is 27.1 Å². The highest BCUT2D eigenvalue weighted by Crippen LogP contribution is 2.28. The monoisotopic (exact) mass is 798 g/mol. The molecule has 0 saturated carbocycles. The van der Waals surface area contributed by atoms with Crippen molar-refractivity contribution >= 4 is 24.4 Å². The van der Waals surface area contributed by atoms with Gasteiger partial charge in [0.05, 0.1) is 56.2 Å². The zero-order valence-electron chi connectivity index (χ0n) is 32.5. The first-order valence-electron chi connectivity index (χ1n) is 19.2. The van der Waals surface area contributed by atoms with E-state index in [1.807, 2.05) is 43.3 Å². The summed E-state index contributed by atoms with van der Waals surface area (Å²) >= 11 is 0. The minimum Gasteiger partial charge on any atom is -0.507 e. The van der Waals surface area contributed by atoms with Crippen LogP contribution in [0.15, 0.2) is 84.9 Å². The van der Waals surface area contributed by atoms with Crippen molar-refractivity contribution in [2.24, 2.45) is 0 Å². The van der Waals surface area contributed by atoms with Crippen molar-refractivity contribution in [1.82, 2.24) is 9.80 Å². The molecule has 2 amide bonds. The number of aliphatic hydroxyl groups excluding tert-OH is 1. The van der Waals surface area contributed by atoms with Crippen molar-refractivity contribution in [3.05, 3.63) is 118 Å². The molecule has 0 radical (unpaired) electrons. The number of aldehydes is 2. The standard InChI is InChI=1S/C23H27NO6.C21H23NO6/c1-2-28-12-10-17-6-3-4-7-19(17)23(27)24-11-13-29-15-18(24)16-30-22-9-5-8-21(26)20(22)14-25;23-10-8-15-4-1-2-5-17(15)21(26)22-9-11-27-13-16(22)14-28-20-7-3-6-19(25)18(20)12-24/h3-9,14,18,26H,2,10-13,15-16H2,1H3;1-7,12,16,23,25H,8-11,13-14H2/t18-;16-/m00/s1. The van der Waals surface area contributed by atoms with E-state index in [0.717, 1.165) is 11.1 Å². The number of carbonyl (C=O) groups is 4. The number of aromatic hydroxyl groups is 2. The van der Waals surface area contributed by atoms with E-state index in [-0.39, 0.29) is 77.8 Å². The predicted octanol–water partition coefficient (Wildman–Crippen LogP) is 4.36. The van der Waals surface area contributed by atoms with Crippen LogP contribution in [0.3, 0.4) is 0 Å². The van der Waals surface area contributed by atoms with Gasteiger partial charge in [-0.05, 0) is 67.3 Å². The van der Waals surface area contributed by atoms with E-state index in [2.05, 4.69) is 0 Å². The quantitative estimate of drug-likeness (QED) is 0.108. The van der Waals surface area contributed by atoms with E-state index in [1.165, 1.54) is 12.1 Å². The second-order valence-electron chi connectivity index (χ2n) is 13.4. The number of amides is 2. The van der Waals surface area contributed by atoms with Crippen LogP contribution in [-0.4, -0.2) is 134 Å². The number of phenolic OH excluding ortho intramolecular Hbond substituents is 2. The van der Waals surface area contributed by atoms with Gasteiger partial charge in [0.15, 0.2) is 12.6 Å². The molecule has 4 aromatic carbocycles. The molecule has 0 spiro atoms. The van der Waals surface area contributed by atoms with E-state index >= 15 is 0 Å². The number of nitrogens with zero attached hydrogens (tertiary/aromatic N) is 2. The SMILES string of the molecule is CCOCCc1ccccc1C(=O)N1CCOC[C@H]1COc1cccc(O)c1C=O.O=Cc1c(O)cccc1OC[C@@H]1COCCN1C(=O)c1ccccc1CCO. The number of ether oxygens (including phenoxy) is 5. The molecule has 3 N–H and O–H groups in total. The number of hydrogen-bond acceptors (Lipinski definition) is 12. The summed E-state index contributed by atoms with van der Waals surface area (Å²) < 4.78 is 28.0. The Morgan fingerprint density at radius 3 is 1.60 bits per heavy atom. The highest BCUT2D eigenvalue weighted by molar-refractivity contribution is 5.96. The molecule has 4 aromatic rings. The molecule has 2 atom stereocenters. The Balaban J connectivity index is 0.000000221. The Bertz CT molecular complexity index is 1990. The molecule has 2 aliphatic rings. The lowest BCUT2D eigenvalue weighted by Crippen LogP contribution is -2.51.